The lowest BCUT2D eigenvalue weighted by molar-refractivity contribution is 0.516. The van der Waals surface area contributed by atoms with E-state index in [4.69, 9.17) is 5.73 Å². The molecule has 0 aromatic carbocycles. The lowest BCUT2D eigenvalue weighted by atomic mass is 10.0. The SMILES string of the molecule is Cc1cc2c(N)nc(CSC3CCCCC3)nc2s1. The van der Waals surface area contributed by atoms with Crippen molar-refractivity contribution >= 4 is 39.1 Å². The van der Waals surface area contributed by atoms with Gasteiger partial charge in [0.1, 0.15) is 16.5 Å². The average molecular weight is 293 g/mol. The van der Waals surface area contributed by atoms with Crippen LogP contribution in [0.15, 0.2) is 6.07 Å². The summed E-state index contributed by atoms with van der Waals surface area (Å²) >= 11 is 3.70. The number of rotatable bonds is 3. The van der Waals surface area contributed by atoms with Crippen LogP contribution in [0.4, 0.5) is 5.82 Å². The highest BCUT2D eigenvalue weighted by atomic mass is 32.2. The summed E-state index contributed by atoms with van der Waals surface area (Å²) in [4.78, 5) is 11.4. The number of anilines is 1. The molecule has 5 heteroatoms. The van der Waals surface area contributed by atoms with Crippen LogP contribution in [0.5, 0.6) is 0 Å². The summed E-state index contributed by atoms with van der Waals surface area (Å²) in [5, 5.41) is 1.80. The van der Waals surface area contributed by atoms with Crippen molar-refractivity contribution in [2.24, 2.45) is 0 Å². The molecule has 2 N–H and O–H groups in total. The molecule has 1 saturated carbocycles. The monoisotopic (exact) mass is 293 g/mol. The molecule has 3 nitrogen and oxygen atoms in total. The Kier molecular flexibility index (Phi) is 3.93. The molecule has 0 saturated heterocycles. The Morgan fingerprint density at radius 3 is 2.89 bits per heavy atom. The van der Waals surface area contributed by atoms with Crippen molar-refractivity contribution in [1.29, 1.82) is 0 Å². The molecule has 0 radical (unpaired) electrons. The van der Waals surface area contributed by atoms with Crippen molar-refractivity contribution in [3.63, 3.8) is 0 Å². The van der Waals surface area contributed by atoms with Gasteiger partial charge in [-0.1, -0.05) is 19.3 Å². The number of fused-ring (bicyclic) bond motifs is 1. The van der Waals surface area contributed by atoms with Gasteiger partial charge in [-0.3, -0.25) is 0 Å². The maximum absolute atomic E-state index is 6.03. The van der Waals surface area contributed by atoms with Crippen LogP contribution in [0.3, 0.4) is 0 Å². The van der Waals surface area contributed by atoms with Gasteiger partial charge in [0.25, 0.3) is 0 Å². The van der Waals surface area contributed by atoms with E-state index in [-0.39, 0.29) is 0 Å². The second-order valence-corrected chi connectivity index (χ2v) is 7.70. The third-order valence-corrected chi connectivity index (χ3v) is 5.90. The smallest absolute Gasteiger partial charge is 0.142 e. The maximum Gasteiger partial charge on any atom is 0.142 e. The van der Waals surface area contributed by atoms with Crippen molar-refractivity contribution in [3.8, 4) is 0 Å². The number of aryl methyl sites for hydroxylation is 1. The molecule has 0 aliphatic heterocycles. The van der Waals surface area contributed by atoms with Gasteiger partial charge in [0.2, 0.25) is 0 Å². The quantitative estimate of drug-likeness (QED) is 0.923. The first-order valence-corrected chi connectivity index (χ1v) is 8.73. The average Bonchev–Trinajstić information content (AvgIpc) is 2.79. The molecule has 3 rings (SSSR count). The Labute approximate surface area is 122 Å². The second kappa shape index (κ2) is 5.67. The Balaban J connectivity index is 1.73. The normalized spacial score (nSPS) is 17.1. The summed E-state index contributed by atoms with van der Waals surface area (Å²) in [6, 6.07) is 2.08. The Hall–Kier alpha value is -0.810. The first-order chi connectivity index (χ1) is 9.22. The zero-order chi connectivity index (χ0) is 13.2. The number of hydrogen-bond donors (Lipinski definition) is 1. The summed E-state index contributed by atoms with van der Waals surface area (Å²) in [5.74, 6) is 2.41. The van der Waals surface area contributed by atoms with Crippen LogP contribution in [-0.4, -0.2) is 15.2 Å². The second-order valence-electron chi connectivity index (χ2n) is 5.17. The van der Waals surface area contributed by atoms with E-state index >= 15 is 0 Å². The molecule has 2 heterocycles. The molecule has 0 amide bonds. The highest BCUT2D eigenvalue weighted by Crippen LogP contribution is 2.31. The van der Waals surface area contributed by atoms with Gasteiger partial charge in [-0.25, -0.2) is 9.97 Å². The fraction of sp³-hybridized carbons (Fsp3) is 0.571. The van der Waals surface area contributed by atoms with Crippen LogP contribution < -0.4 is 5.73 Å². The molecular weight excluding hydrogens is 274 g/mol. The lowest BCUT2D eigenvalue weighted by Gasteiger charge is -2.20. The molecule has 1 aliphatic rings. The van der Waals surface area contributed by atoms with Crippen LogP contribution in [0.1, 0.15) is 42.8 Å². The standard InChI is InChI=1S/C14H19N3S2/c1-9-7-11-13(15)16-12(17-14(11)19-9)8-18-10-5-3-2-4-6-10/h7,10H,2-6,8H2,1H3,(H2,15,16,17). The van der Waals surface area contributed by atoms with Gasteiger partial charge in [-0.15, -0.1) is 11.3 Å². The summed E-state index contributed by atoms with van der Waals surface area (Å²) in [5.41, 5.74) is 6.03. The van der Waals surface area contributed by atoms with Gasteiger partial charge in [0.05, 0.1) is 11.1 Å². The van der Waals surface area contributed by atoms with Gasteiger partial charge in [0, 0.05) is 10.1 Å². The molecule has 0 spiro atoms. The van der Waals surface area contributed by atoms with Crippen LogP contribution in [0, 0.1) is 6.92 Å². The molecule has 102 valence electrons. The van der Waals surface area contributed by atoms with Crippen molar-refractivity contribution in [3.05, 3.63) is 16.8 Å². The lowest BCUT2D eigenvalue weighted by Crippen LogP contribution is -2.09. The Morgan fingerprint density at radius 2 is 2.11 bits per heavy atom. The number of thiophene rings is 1. The first-order valence-electron chi connectivity index (χ1n) is 6.86. The van der Waals surface area contributed by atoms with Crippen molar-refractivity contribution in [1.82, 2.24) is 9.97 Å². The largest absolute Gasteiger partial charge is 0.383 e. The maximum atomic E-state index is 6.03. The highest BCUT2D eigenvalue weighted by Gasteiger charge is 2.15. The zero-order valence-corrected chi connectivity index (χ0v) is 12.8. The molecular formula is C14H19N3S2. The molecule has 0 unspecified atom stereocenters. The molecule has 1 aliphatic carbocycles. The predicted molar refractivity (Wildman–Crippen MR) is 84.7 cm³/mol. The first kappa shape index (κ1) is 13.2. The summed E-state index contributed by atoms with van der Waals surface area (Å²) in [7, 11) is 0. The van der Waals surface area contributed by atoms with Gasteiger partial charge in [-0.05, 0) is 25.8 Å². The summed E-state index contributed by atoms with van der Waals surface area (Å²) in [6.07, 6.45) is 6.86. The number of nitrogen functional groups attached to an aromatic ring is 1. The van der Waals surface area contributed by atoms with Crippen molar-refractivity contribution < 1.29 is 0 Å². The van der Waals surface area contributed by atoms with E-state index in [2.05, 4.69) is 23.0 Å². The van der Waals surface area contributed by atoms with E-state index in [1.807, 2.05) is 11.8 Å². The molecule has 0 bridgehead atoms. The van der Waals surface area contributed by atoms with E-state index in [0.717, 1.165) is 27.0 Å². The van der Waals surface area contributed by atoms with Crippen molar-refractivity contribution in [2.45, 2.75) is 50.0 Å². The van der Waals surface area contributed by atoms with Crippen LogP contribution in [0.2, 0.25) is 0 Å². The number of nitrogens with zero attached hydrogens (tertiary/aromatic N) is 2. The van der Waals surface area contributed by atoms with E-state index < -0.39 is 0 Å². The highest BCUT2D eigenvalue weighted by molar-refractivity contribution is 7.99. The van der Waals surface area contributed by atoms with E-state index in [9.17, 15) is 0 Å². The van der Waals surface area contributed by atoms with Crippen LogP contribution >= 0.6 is 23.1 Å². The van der Waals surface area contributed by atoms with E-state index in [1.54, 1.807) is 11.3 Å². The topological polar surface area (TPSA) is 51.8 Å². The number of nitrogens with two attached hydrogens (primary N) is 1. The van der Waals surface area contributed by atoms with Gasteiger partial charge in [-0.2, -0.15) is 11.8 Å². The Bertz CT molecular complexity index is 573. The molecule has 0 atom stereocenters. The minimum Gasteiger partial charge on any atom is -0.383 e. The third-order valence-electron chi connectivity index (χ3n) is 3.59. The van der Waals surface area contributed by atoms with Gasteiger partial charge >= 0.3 is 0 Å². The summed E-state index contributed by atoms with van der Waals surface area (Å²) in [6.45, 7) is 2.09. The van der Waals surface area contributed by atoms with Crippen LogP contribution in [-0.2, 0) is 5.75 Å². The molecule has 2 aromatic rings. The van der Waals surface area contributed by atoms with Crippen molar-refractivity contribution in [2.75, 3.05) is 5.73 Å². The van der Waals surface area contributed by atoms with Crippen LogP contribution in [0.25, 0.3) is 10.2 Å². The third kappa shape index (κ3) is 3.03. The molecule has 1 fully saturated rings. The van der Waals surface area contributed by atoms with E-state index in [0.29, 0.717) is 5.82 Å². The molecule has 2 aromatic heterocycles. The summed E-state index contributed by atoms with van der Waals surface area (Å²) < 4.78 is 0. The minimum atomic E-state index is 0.633. The van der Waals surface area contributed by atoms with E-state index in [1.165, 1.54) is 37.0 Å². The predicted octanol–water partition coefficient (Wildman–Crippen LogP) is 4.15. The number of aromatic nitrogens is 2. The van der Waals surface area contributed by atoms with Gasteiger partial charge in [0.15, 0.2) is 0 Å². The fourth-order valence-electron chi connectivity index (χ4n) is 2.60. The number of hydrogen-bond acceptors (Lipinski definition) is 5. The zero-order valence-electron chi connectivity index (χ0n) is 11.2. The van der Waals surface area contributed by atoms with Gasteiger partial charge < -0.3 is 5.73 Å². The minimum absolute atomic E-state index is 0.633. The fourth-order valence-corrected chi connectivity index (χ4v) is 4.69. The number of thioether (sulfide) groups is 1. The Morgan fingerprint density at radius 1 is 1.32 bits per heavy atom. The molecule has 19 heavy (non-hydrogen) atoms.